The number of methoxy groups -OCH3 is 1. The van der Waals surface area contributed by atoms with Crippen molar-refractivity contribution in [1.82, 2.24) is 5.32 Å². The van der Waals surface area contributed by atoms with E-state index < -0.39 is 5.60 Å². The zero-order valence-corrected chi connectivity index (χ0v) is 13.7. The van der Waals surface area contributed by atoms with Crippen molar-refractivity contribution < 1.29 is 14.6 Å². The summed E-state index contributed by atoms with van der Waals surface area (Å²) < 4.78 is 5.14. The Bertz CT molecular complexity index is 701. The summed E-state index contributed by atoms with van der Waals surface area (Å²) in [5.41, 5.74) is 0.461. The van der Waals surface area contributed by atoms with Gasteiger partial charge in [-0.05, 0) is 36.5 Å². The molecular formula is C19H22N2O3. The third-order valence-electron chi connectivity index (χ3n) is 4.37. The zero-order valence-electron chi connectivity index (χ0n) is 13.7. The summed E-state index contributed by atoms with van der Waals surface area (Å²) in [4.78, 5) is 12.2. The van der Waals surface area contributed by atoms with Gasteiger partial charge in [-0.15, -0.1) is 0 Å². The molecule has 126 valence electrons. The monoisotopic (exact) mass is 326 g/mol. The Labute approximate surface area is 141 Å². The lowest BCUT2D eigenvalue weighted by molar-refractivity contribution is 0.0164. The largest absolute Gasteiger partial charge is 0.497 e. The van der Waals surface area contributed by atoms with Crippen LogP contribution < -0.4 is 15.4 Å². The SMILES string of the molecule is COc1cccc(NC(=O)NCC(O)(c2ccccc2)C2CC2)c1. The molecule has 0 bridgehead atoms. The molecule has 5 heteroatoms. The molecule has 1 aliphatic rings. The summed E-state index contributed by atoms with van der Waals surface area (Å²) in [5.74, 6) is 0.864. The van der Waals surface area contributed by atoms with Crippen LogP contribution in [-0.4, -0.2) is 24.8 Å². The van der Waals surface area contributed by atoms with Crippen LogP contribution in [0.3, 0.4) is 0 Å². The molecule has 0 aromatic heterocycles. The van der Waals surface area contributed by atoms with Gasteiger partial charge >= 0.3 is 6.03 Å². The summed E-state index contributed by atoms with van der Waals surface area (Å²) in [6, 6.07) is 16.3. The molecule has 2 aromatic rings. The molecule has 1 saturated carbocycles. The first kappa shape index (κ1) is 16.3. The van der Waals surface area contributed by atoms with Crippen LogP contribution in [0.1, 0.15) is 18.4 Å². The minimum Gasteiger partial charge on any atom is -0.497 e. The zero-order chi connectivity index (χ0) is 17.0. The fourth-order valence-electron chi connectivity index (χ4n) is 2.86. The van der Waals surface area contributed by atoms with Crippen molar-refractivity contribution in [3.63, 3.8) is 0 Å². The van der Waals surface area contributed by atoms with E-state index in [1.807, 2.05) is 36.4 Å². The van der Waals surface area contributed by atoms with Crippen molar-refractivity contribution in [2.45, 2.75) is 18.4 Å². The van der Waals surface area contributed by atoms with E-state index in [0.29, 0.717) is 11.4 Å². The molecule has 0 radical (unpaired) electrons. The predicted molar refractivity (Wildman–Crippen MR) is 93.1 cm³/mol. The lowest BCUT2D eigenvalue weighted by atomic mass is 9.89. The number of anilines is 1. The van der Waals surface area contributed by atoms with Crippen LogP contribution in [0, 0.1) is 5.92 Å². The quantitative estimate of drug-likeness (QED) is 0.764. The molecule has 2 aromatic carbocycles. The fraction of sp³-hybridized carbons (Fsp3) is 0.316. The van der Waals surface area contributed by atoms with E-state index in [2.05, 4.69) is 10.6 Å². The highest BCUT2D eigenvalue weighted by Gasteiger charge is 2.45. The van der Waals surface area contributed by atoms with Crippen LogP contribution in [0.5, 0.6) is 5.75 Å². The fourth-order valence-corrected chi connectivity index (χ4v) is 2.86. The summed E-state index contributed by atoms with van der Waals surface area (Å²) in [6.07, 6.45) is 1.95. The van der Waals surface area contributed by atoms with Gasteiger partial charge in [-0.2, -0.15) is 0 Å². The number of hydrogen-bond donors (Lipinski definition) is 3. The minimum absolute atomic E-state index is 0.178. The highest BCUT2D eigenvalue weighted by atomic mass is 16.5. The van der Waals surface area contributed by atoms with Crippen LogP contribution >= 0.6 is 0 Å². The summed E-state index contributed by atoms with van der Waals surface area (Å²) in [6.45, 7) is 0.178. The van der Waals surface area contributed by atoms with Crippen molar-refractivity contribution in [3.05, 3.63) is 60.2 Å². The molecule has 1 aliphatic carbocycles. The Morgan fingerprint density at radius 3 is 2.62 bits per heavy atom. The van der Waals surface area contributed by atoms with Gasteiger partial charge in [-0.3, -0.25) is 0 Å². The average Bonchev–Trinajstić information content (AvgIpc) is 3.46. The van der Waals surface area contributed by atoms with E-state index in [9.17, 15) is 9.90 Å². The van der Waals surface area contributed by atoms with Crippen molar-refractivity contribution in [2.24, 2.45) is 5.92 Å². The second-order valence-corrected chi connectivity index (χ2v) is 6.10. The van der Waals surface area contributed by atoms with Gasteiger partial charge in [-0.25, -0.2) is 4.79 Å². The number of nitrogens with one attached hydrogen (secondary N) is 2. The van der Waals surface area contributed by atoms with Crippen LogP contribution in [-0.2, 0) is 5.60 Å². The maximum Gasteiger partial charge on any atom is 0.319 e. The molecule has 2 amide bonds. The van der Waals surface area contributed by atoms with Crippen molar-refractivity contribution in [2.75, 3.05) is 19.0 Å². The lowest BCUT2D eigenvalue weighted by Crippen LogP contribution is -2.43. The van der Waals surface area contributed by atoms with E-state index in [4.69, 9.17) is 4.74 Å². The molecule has 3 N–H and O–H groups in total. The maximum atomic E-state index is 12.2. The Kier molecular flexibility index (Phi) is 4.71. The molecule has 0 saturated heterocycles. The number of benzene rings is 2. The standard InChI is InChI=1S/C19H22N2O3/c1-24-17-9-5-8-16(12-17)21-18(22)20-13-19(23,15-10-11-15)14-6-3-2-4-7-14/h2-9,12,15,23H,10-11,13H2,1H3,(H2,20,21,22). The number of urea groups is 1. The van der Waals surface area contributed by atoms with Gasteiger partial charge in [0.15, 0.2) is 0 Å². The molecule has 0 aliphatic heterocycles. The van der Waals surface area contributed by atoms with Gasteiger partial charge < -0.3 is 20.5 Å². The van der Waals surface area contributed by atoms with E-state index in [1.165, 1.54) is 0 Å². The molecule has 24 heavy (non-hydrogen) atoms. The van der Waals surface area contributed by atoms with Gasteiger partial charge in [0, 0.05) is 11.8 Å². The van der Waals surface area contributed by atoms with Gasteiger partial charge in [0.1, 0.15) is 11.4 Å². The Morgan fingerprint density at radius 2 is 1.96 bits per heavy atom. The lowest BCUT2D eigenvalue weighted by Gasteiger charge is -2.29. The van der Waals surface area contributed by atoms with Crippen LogP contribution in [0.25, 0.3) is 0 Å². The topological polar surface area (TPSA) is 70.6 Å². The first-order valence-electron chi connectivity index (χ1n) is 8.08. The maximum absolute atomic E-state index is 12.2. The second kappa shape index (κ2) is 6.93. The predicted octanol–water partition coefficient (Wildman–Crippen LogP) is 3.11. The highest BCUT2D eigenvalue weighted by Crippen LogP contribution is 2.45. The van der Waals surface area contributed by atoms with E-state index in [1.54, 1.807) is 25.3 Å². The summed E-state index contributed by atoms with van der Waals surface area (Å²) in [7, 11) is 1.58. The molecule has 0 spiro atoms. The Hall–Kier alpha value is -2.53. The average molecular weight is 326 g/mol. The molecule has 3 rings (SSSR count). The van der Waals surface area contributed by atoms with Crippen LogP contribution in [0.2, 0.25) is 0 Å². The first-order valence-corrected chi connectivity index (χ1v) is 8.08. The van der Waals surface area contributed by atoms with Crippen molar-refractivity contribution >= 4 is 11.7 Å². The third kappa shape index (κ3) is 3.68. The van der Waals surface area contributed by atoms with Crippen molar-refractivity contribution in [3.8, 4) is 5.75 Å². The molecule has 1 unspecified atom stereocenters. The number of ether oxygens (including phenoxy) is 1. The molecule has 5 nitrogen and oxygen atoms in total. The first-order chi connectivity index (χ1) is 11.6. The number of aliphatic hydroxyl groups is 1. The minimum atomic E-state index is -1.02. The second-order valence-electron chi connectivity index (χ2n) is 6.10. The molecule has 1 fully saturated rings. The van der Waals surface area contributed by atoms with Gasteiger partial charge in [-0.1, -0.05) is 36.4 Å². The molecule has 1 atom stereocenters. The van der Waals surface area contributed by atoms with Crippen LogP contribution in [0.4, 0.5) is 10.5 Å². The van der Waals surface area contributed by atoms with E-state index in [0.717, 1.165) is 18.4 Å². The summed E-state index contributed by atoms with van der Waals surface area (Å²) >= 11 is 0. The summed E-state index contributed by atoms with van der Waals surface area (Å²) in [5, 5.41) is 16.6. The van der Waals surface area contributed by atoms with Crippen molar-refractivity contribution in [1.29, 1.82) is 0 Å². The highest BCUT2D eigenvalue weighted by molar-refractivity contribution is 5.89. The van der Waals surface area contributed by atoms with E-state index in [-0.39, 0.29) is 18.5 Å². The number of amides is 2. The normalized spacial score (nSPS) is 16.1. The van der Waals surface area contributed by atoms with Gasteiger partial charge in [0.05, 0.1) is 13.7 Å². The van der Waals surface area contributed by atoms with E-state index >= 15 is 0 Å². The smallest absolute Gasteiger partial charge is 0.319 e. The number of carbonyl (C=O) groups excluding carboxylic acids is 1. The number of rotatable bonds is 6. The number of carbonyl (C=O) groups is 1. The van der Waals surface area contributed by atoms with Crippen LogP contribution in [0.15, 0.2) is 54.6 Å². The molecule has 0 heterocycles. The third-order valence-corrected chi connectivity index (χ3v) is 4.37. The Balaban J connectivity index is 1.63. The molecular weight excluding hydrogens is 304 g/mol. The number of hydrogen-bond acceptors (Lipinski definition) is 3. The van der Waals surface area contributed by atoms with Gasteiger partial charge in [0.2, 0.25) is 0 Å². The Morgan fingerprint density at radius 1 is 1.21 bits per heavy atom. The van der Waals surface area contributed by atoms with Gasteiger partial charge in [0.25, 0.3) is 0 Å².